The highest BCUT2D eigenvalue weighted by Crippen LogP contribution is 2.36. The van der Waals surface area contributed by atoms with Gasteiger partial charge in [-0.1, -0.05) is 30.3 Å². The normalized spacial score (nSPS) is 17.7. The van der Waals surface area contributed by atoms with Crippen LogP contribution in [0.3, 0.4) is 0 Å². The van der Waals surface area contributed by atoms with E-state index >= 15 is 0 Å². The van der Waals surface area contributed by atoms with E-state index in [0.29, 0.717) is 38.2 Å². The lowest BCUT2D eigenvalue weighted by molar-refractivity contribution is -0.128. The second kappa shape index (κ2) is 7.63. The zero-order valence-electron chi connectivity index (χ0n) is 14.8. The van der Waals surface area contributed by atoms with Gasteiger partial charge in [0.05, 0.1) is 24.0 Å². The van der Waals surface area contributed by atoms with Gasteiger partial charge < -0.3 is 9.73 Å². The van der Waals surface area contributed by atoms with Crippen LogP contribution in [0, 0.1) is 0 Å². The fourth-order valence-corrected chi connectivity index (χ4v) is 4.59. The molecule has 1 aromatic heterocycles. The van der Waals surface area contributed by atoms with E-state index in [1.807, 2.05) is 36.4 Å². The van der Waals surface area contributed by atoms with Crippen LogP contribution < -0.4 is 5.32 Å². The van der Waals surface area contributed by atoms with Crippen LogP contribution in [0.25, 0.3) is 0 Å². The molecule has 1 aliphatic heterocycles. The maximum absolute atomic E-state index is 13.1. The number of carbonyl (C=O) groups excluding carboxylic acids is 1. The van der Waals surface area contributed by atoms with Crippen molar-refractivity contribution in [2.24, 2.45) is 0 Å². The topological polar surface area (TPSA) is 79.6 Å². The van der Waals surface area contributed by atoms with Crippen molar-refractivity contribution < 1.29 is 17.6 Å². The number of furan rings is 1. The molecule has 1 saturated heterocycles. The molecular formula is C19H24N2O4S. The first kappa shape index (κ1) is 18.7. The van der Waals surface area contributed by atoms with Crippen molar-refractivity contribution in [2.75, 3.05) is 18.8 Å². The summed E-state index contributed by atoms with van der Waals surface area (Å²) >= 11 is 0. The molecule has 2 heterocycles. The van der Waals surface area contributed by atoms with Crippen molar-refractivity contribution >= 4 is 15.9 Å². The molecule has 0 radical (unpaired) electrons. The van der Waals surface area contributed by atoms with Crippen LogP contribution >= 0.6 is 0 Å². The number of benzene rings is 1. The maximum atomic E-state index is 13.1. The molecule has 0 saturated carbocycles. The molecule has 1 aliphatic rings. The van der Waals surface area contributed by atoms with Crippen LogP contribution in [0.4, 0.5) is 0 Å². The number of nitrogens with one attached hydrogen (secondary N) is 1. The Morgan fingerprint density at radius 2 is 1.85 bits per heavy atom. The molecular weight excluding hydrogens is 352 g/mol. The van der Waals surface area contributed by atoms with Crippen molar-refractivity contribution in [1.29, 1.82) is 0 Å². The van der Waals surface area contributed by atoms with Crippen molar-refractivity contribution in [2.45, 2.75) is 31.7 Å². The zero-order valence-corrected chi connectivity index (χ0v) is 15.7. The molecule has 1 aromatic carbocycles. The number of nitrogens with zero attached hydrogens (tertiary/aromatic N) is 1. The molecule has 7 heteroatoms. The monoisotopic (exact) mass is 376 g/mol. The van der Waals surface area contributed by atoms with Crippen molar-refractivity contribution in [1.82, 2.24) is 9.62 Å². The van der Waals surface area contributed by atoms with Crippen LogP contribution in [0.2, 0.25) is 0 Å². The van der Waals surface area contributed by atoms with E-state index in [2.05, 4.69) is 5.32 Å². The summed E-state index contributed by atoms with van der Waals surface area (Å²) in [6.45, 7) is 2.65. The van der Waals surface area contributed by atoms with Crippen LogP contribution in [-0.4, -0.2) is 37.5 Å². The highest BCUT2D eigenvalue weighted by atomic mass is 32.2. The molecule has 0 atom stereocenters. The molecule has 140 valence electrons. The lowest BCUT2D eigenvalue weighted by atomic mass is 9.72. The van der Waals surface area contributed by atoms with E-state index in [1.54, 1.807) is 19.3 Å². The van der Waals surface area contributed by atoms with Crippen molar-refractivity contribution in [3.05, 3.63) is 60.1 Å². The molecule has 2 aromatic rings. The number of hydrogen-bond donors (Lipinski definition) is 1. The summed E-state index contributed by atoms with van der Waals surface area (Å²) in [5.41, 5.74) is 0.193. The van der Waals surface area contributed by atoms with Gasteiger partial charge in [-0.2, -0.15) is 0 Å². The Kier molecular flexibility index (Phi) is 5.48. The van der Waals surface area contributed by atoms with Crippen LogP contribution in [0.5, 0.6) is 0 Å². The van der Waals surface area contributed by atoms with E-state index in [-0.39, 0.29) is 11.7 Å². The summed E-state index contributed by atoms with van der Waals surface area (Å²) in [6, 6.07) is 13.2. The highest BCUT2D eigenvalue weighted by molar-refractivity contribution is 7.89. The Balaban J connectivity index is 1.81. The average molecular weight is 376 g/mol. The Morgan fingerprint density at radius 1 is 1.15 bits per heavy atom. The molecule has 0 unspecified atom stereocenters. The van der Waals surface area contributed by atoms with E-state index in [0.717, 1.165) is 5.56 Å². The van der Waals surface area contributed by atoms with Crippen LogP contribution in [0.15, 0.2) is 53.1 Å². The molecule has 6 nitrogen and oxygen atoms in total. The molecule has 0 aliphatic carbocycles. The fraction of sp³-hybridized carbons (Fsp3) is 0.421. The first-order chi connectivity index (χ1) is 12.5. The minimum Gasteiger partial charge on any atom is -0.467 e. The van der Waals surface area contributed by atoms with Gasteiger partial charge in [0.1, 0.15) is 5.76 Å². The third-order valence-electron chi connectivity index (χ3n) is 5.10. The molecule has 0 bridgehead atoms. The van der Waals surface area contributed by atoms with Gasteiger partial charge in [0.25, 0.3) is 0 Å². The highest BCUT2D eigenvalue weighted by Gasteiger charge is 2.44. The quantitative estimate of drug-likeness (QED) is 0.839. The van der Waals surface area contributed by atoms with Crippen molar-refractivity contribution in [3.8, 4) is 0 Å². The first-order valence-corrected chi connectivity index (χ1v) is 10.4. The molecule has 1 amide bonds. The largest absolute Gasteiger partial charge is 0.467 e. The lowest BCUT2D eigenvalue weighted by Crippen LogP contribution is -2.52. The van der Waals surface area contributed by atoms with E-state index in [9.17, 15) is 13.2 Å². The second-order valence-electron chi connectivity index (χ2n) is 6.51. The standard InChI is InChI=1S/C19H24N2O4S/c1-2-26(23,24)21-12-10-19(11-13-21,16-7-4-3-5-8-16)18(22)20-15-17-9-6-14-25-17/h3-9,14H,2,10-13,15H2,1H3,(H,20,22). The summed E-state index contributed by atoms with van der Waals surface area (Å²) < 4.78 is 31.1. The van der Waals surface area contributed by atoms with Gasteiger partial charge >= 0.3 is 0 Å². The molecule has 26 heavy (non-hydrogen) atoms. The summed E-state index contributed by atoms with van der Waals surface area (Å²) in [7, 11) is -3.24. The Morgan fingerprint density at radius 3 is 2.42 bits per heavy atom. The molecule has 1 N–H and O–H groups in total. The van der Waals surface area contributed by atoms with Gasteiger partial charge in [-0.15, -0.1) is 0 Å². The Labute approximate surface area is 154 Å². The van der Waals surface area contributed by atoms with Crippen molar-refractivity contribution in [3.63, 3.8) is 0 Å². The SMILES string of the molecule is CCS(=O)(=O)N1CCC(C(=O)NCc2ccco2)(c2ccccc2)CC1. The predicted octanol–water partition coefficient (Wildman–Crippen LogP) is 2.28. The summed E-state index contributed by atoms with van der Waals surface area (Å²) in [5.74, 6) is 0.678. The van der Waals surface area contributed by atoms with E-state index < -0.39 is 15.4 Å². The van der Waals surface area contributed by atoms with E-state index in [4.69, 9.17) is 4.42 Å². The van der Waals surface area contributed by atoms with Gasteiger partial charge in [0, 0.05) is 13.1 Å². The summed E-state index contributed by atoms with van der Waals surface area (Å²) in [4.78, 5) is 13.1. The smallest absolute Gasteiger partial charge is 0.231 e. The first-order valence-electron chi connectivity index (χ1n) is 8.82. The lowest BCUT2D eigenvalue weighted by Gasteiger charge is -2.40. The minimum atomic E-state index is -3.24. The van der Waals surface area contributed by atoms with Gasteiger partial charge in [0.2, 0.25) is 15.9 Å². The minimum absolute atomic E-state index is 0.0794. The Bertz CT molecular complexity index is 824. The van der Waals surface area contributed by atoms with E-state index in [1.165, 1.54) is 4.31 Å². The maximum Gasteiger partial charge on any atom is 0.231 e. The average Bonchev–Trinajstić information content (AvgIpc) is 3.20. The zero-order chi connectivity index (χ0) is 18.6. The number of hydrogen-bond acceptors (Lipinski definition) is 4. The van der Waals surface area contributed by atoms with Crippen LogP contribution in [-0.2, 0) is 26.8 Å². The summed E-state index contributed by atoms with van der Waals surface area (Å²) in [5, 5.41) is 2.96. The number of sulfonamides is 1. The number of carbonyl (C=O) groups is 1. The van der Waals surface area contributed by atoms with Gasteiger partial charge in [0.15, 0.2) is 0 Å². The van der Waals surface area contributed by atoms with Gasteiger partial charge in [-0.25, -0.2) is 12.7 Å². The third kappa shape index (κ3) is 3.68. The Hall–Kier alpha value is -2.12. The fourth-order valence-electron chi connectivity index (χ4n) is 3.48. The number of amides is 1. The predicted molar refractivity (Wildman–Crippen MR) is 98.9 cm³/mol. The van der Waals surface area contributed by atoms with Gasteiger partial charge in [-0.3, -0.25) is 4.79 Å². The molecule has 1 fully saturated rings. The molecule has 0 spiro atoms. The third-order valence-corrected chi connectivity index (χ3v) is 6.98. The second-order valence-corrected chi connectivity index (χ2v) is 8.77. The summed E-state index contributed by atoms with van der Waals surface area (Å²) in [6.07, 6.45) is 2.49. The molecule has 3 rings (SSSR count). The van der Waals surface area contributed by atoms with Crippen LogP contribution in [0.1, 0.15) is 31.1 Å². The number of rotatable bonds is 6. The van der Waals surface area contributed by atoms with Gasteiger partial charge in [-0.05, 0) is 37.5 Å². The number of piperidine rings is 1.